The Balaban J connectivity index is 0.000000177. The van der Waals surface area contributed by atoms with E-state index in [0.29, 0.717) is 0 Å². The molecule has 6 heteroatoms. The maximum absolute atomic E-state index is 10.5. The zero-order valence-electron chi connectivity index (χ0n) is 13.4. The number of hydrogen-bond acceptors (Lipinski definition) is 4. The lowest BCUT2D eigenvalue weighted by atomic mass is 10.1. The maximum atomic E-state index is 10.5. The van der Waals surface area contributed by atoms with Gasteiger partial charge in [0.25, 0.3) is 10.1 Å². The van der Waals surface area contributed by atoms with Gasteiger partial charge in [-0.3, -0.25) is 4.55 Å². The largest absolute Gasteiger partial charge is 0.496 e. The molecule has 0 unspecified atom stereocenters. The number of nitrogens with two attached hydrogens (primary N) is 1. The van der Waals surface area contributed by atoms with Crippen LogP contribution in [0.3, 0.4) is 0 Å². The van der Waals surface area contributed by atoms with Gasteiger partial charge in [0.05, 0.1) is 12.0 Å². The van der Waals surface area contributed by atoms with E-state index in [9.17, 15) is 8.42 Å². The minimum Gasteiger partial charge on any atom is -0.496 e. The lowest BCUT2D eigenvalue weighted by molar-refractivity contribution is 0.420. The van der Waals surface area contributed by atoms with E-state index in [1.54, 1.807) is 19.2 Å². The Morgan fingerprint density at radius 1 is 1.00 bits per heavy atom. The molecule has 3 rings (SSSR count). The van der Waals surface area contributed by atoms with Crippen LogP contribution in [0.2, 0.25) is 0 Å². The predicted molar refractivity (Wildman–Crippen MR) is 95.9 cm³/mol. The Morgan fingerprint density at radius 3 is 2.21 bits per heavy atom. The fourth-order valence-electron chi connectivity index (χ4n) is 2.18. The number of benzene rings is 3. The van der Waals surface area contributed by atoms with E-state index < -0.39 is 10.1 Å². The van der Waals surface area contributed by atoms with Crippen LogP contribution in [0.5, 0.6) is 5.75 Å². The molecule has 3 aromatic carbocycles. The van der Waals surface area contributed by atoms with Gasteiger partial charge in [0, 0.05) is 17.1 Å². The molecule has 0 radical (unpaired) electrons. The molecular formula is C18H19NO4S. The summed E-state index contributed by atoms with van der Waals surface area (Å²) >= 11 is 0. The van der Waals surface area contributed by atoms with Crippen LogP contribution in [0.25, 0.3) is 10.8 Å². The highest BCUT2D eigenvalue weighted by Gasteiger charge is 2.06. The molecular weight excluding hydrogens is 326 g/mol. The fraction of sp³-hybridized carbons (Fsp3) is 0.111. The molecule has 5 nitrogen and oxygen atoms in total. The minimum absolute atomic E-state index is 0.0666. The summed E-state index contributed by atoms with van der Waals surface area (Å²) in [5, 5.41) is 2.21. The molecule has 24 heavy (non-hydrogen) atoms. The molecule has 0 amide bonds. The molecule has 0 bridgehead atoms. The van der Waals surface area contributed by atoms with Crippen molar-refractivity contribution in [1.29, 1.82) is 0 Å². The lowest BCUT2D eigenvalue weighted by Gasteiger charge is -2.06. The lowest BCUT2D eigenvalue weighted by Crippen LogP contribution is -1.96. The highest BCUT2D eigenvalue weighted by Crippen LogP contribution is 2.28. The topological polar surface area (TPSA) is 89.6 Å². The van der Waals surface area contributed by atoms with Gasteiger partial charge in [-0.05, 0) is 30.5 Å². The number of anilines is 1. The summed E-state index contributed by atoms with van der Waals surface area (Å²) in [4.78, 5) is -0.0666. The van der Waals surface area contributed by atoms with Crippen molar-refractivity contribution in [3.63, 3.8) is 0 Å². The molecule has 0 saturated carbocycles. The second-order valence-corrected chi connectivity index (χ2v) is 6.65. The first-order valence-electron chi connectivity index (χ1n) is 7.17. The molecule has 3 aromatic rings. The average molecular weight is 345 g/mol. The molecule has 0 aromatic heterocycles. The summed E-state index contributed by atoms with van der Waals surface area (Å²) < 4.78 is 34.8. The summed E-state index contributed by atoms with van der Waals surface area (Å²) in [7, 11) is -2.37. The van der Waals surface area contributed by atoms with E-state index in [0.717, 1.165) is 27.8 Å². The number of nitrogen functional groups attached to an aromatic ring is 1. The van der Waals surface area contributed by atoms with Crippen molar-refractivity contribution >= 4 is 26.6 Å². The van der Waals surface area contributed by atoms with Crippen LogP contribution in [-0.2, 0) is 10.1 Å². The minimum atomic E-state index is -4.02. The van der Waals surface area contributed by atoms with Gasteiger partial charge in [-0.25, -0.2) is 0 Å². The normalized spacial score (nSPS) is 10.8. The van der Waals surface area contributed by atoms with Gasteiger partial charge in [-0.15, -0.1) is 0 Å². The molecule has 126 valence electrons. The van der Waals surface area contributed by atoms with Crippen LogP contribution >= 0.6 is 0 Å². The van der Waals surface area contributed by atoms with E-state index in [2.05, 4.69) is 0 Å². The summed E-state index contributed by atoms with van der Waals surface area (Å²) in [5.41, 5.74) is 7.41. The first-order chi connectivity index (χ1) is 11.3. The average Bonchev–Trinajstić information content (AvgIpc) is 2.54. The molecule has 0 saturated heterocycles. The first-order valence-corrected chi connectivity index (χ1v) is 8.61. The molecule has 0 aliphatic heterocycles. The third-order valence-electron chi connectivity index (χ3n) is 3.38. The molecule has 0 fully saturated rings. The van der Waals surface area contributed by atoms with E-state index in [4.69, 9.17) is 15.0 Å². The van der Waals surface area contributed by atoms with Gasteiger partial charge in [-0.1, -0.05) is 42.0 Å². The Morgan fingerprint density at radius 2 is 1.62 bits per heavy atom. The number of fused-ring (bicyclic) bond motifs is 1. The second-order valence-electron chi connectivity index (χ2n) is 5.23. The fourth-order valence-corrected chi connectivity index (χ4v) is 2.66. The van der Waals surface area contributed by atoms with Crippen LogP contribution in [0.4, 0.5) is 5.69 Å². The van der Waals surface area contributed by atoms with Crippen molar-refractivity contribution in [1.82, 2.24) is 0 Å². The second kappa shape index (κ2) is 7.33. The monoisotopic (exact) mass is 345 g/mol. The van der Waals surface area contributed by atoms with Crippen LogP contribution in [0.1, 0.15) is 5.56 Å². The molecule has 0 spiro atoms. The Kier molecular flexibility index (Phi) is 5.43. The summed E-state index contributed by atoms with van der Waals surface area (Å²) in [6.45, 7) is 1.84. The van der Waals surface area contributed by atoms with E-state index in [-0.39, 0.29) is 4.90 Å². The highest BCUT2D eigenvalue weighted by molar-refractivity contribution is 7.85. The van der Waals surface area contributed by atoms with Crippen molar-refractivity contribution in [3.05, 3.63) is 66.2 Å². The van der Waals surface area contributed by atoms with Crippen molar-refractivity contribution in [3.8, 4) is 5.75 Å². The third-order valence-corrected chi connectivity index (χ3v) is 4.25. The van der Waals surface area contributed by atoms with Crippen LogP contribution < -0.4 is 10.5 Å². The van der Waals surface area contributed by atoms with Crippen molar-refractivity contribution in [2.24, 2.45) is 0 Å². The molecule has 3 N–H and O–H groups in total. The SMILES string of the molecule is COc1cc(N)cc2ccccc12.Cc1ccc(S(=O)(=O)O)cc1. The number of aryl methyl sites for hydroxylation is 1. The molecule has 0 aliphatic carbocycles. The zero-order chi connectivity index (χ0) is 17.7. The van der Waals surface area contributed by atoms with Gasteiger partial charge in [0.1, 0.15) is 5.75 Å². The third kappa shape index (κ3) is 4.47. The highest BCUT2D eigenvalue weighted by atomic mass is 32.2. The quantitative estimate of drug-likeness (QED) is 0.546. The number of hydrogen-bond donors (Lipinski definition) is 2. The summed E-state index contributed by atoms with van der Waals surface area (Å²) in [5.74, 6) is 0.829. The Hall–Kier alpha value is -2.57. The van der Waals surface area contributed by atoms with Crippen LogP contribution in [-0.4, -0.2) is 20.1 Å². The number of rotatable bonds is 2. The van der Waals surface area contributed by atoms with Gasteiger partial charge < -0.3 is 10.5 Å². The smallest absolute Gasteiger partial charge is 0.294 e. The van der Waals surface area contributed by atoms with Gasteiger partial charge in [0.2, 0.25) is 0 Å². The number of methoxy groups -OCH3 is 1. The van der Waals surface area contributed by atoms with E-state index in [1.807, 2.05) is 43.3 Å². The van der Waals surface area contributed by atoms with E-state index >= 15 is 0 Å². The molecule has 0 atom stereocenters. The summed E-state index contributed by atoms with van der Waals surface area (Å²) in [6, 6.07) is 17.8. The standard InChI is InChI=1S/C11H11NO.C7H8O3S/c1-13-11-7-9(12)6-8-4-2-3-5-10(8)11;1-6-2-4-7(5-3-6)11(8,9)10/h2-7H,12H2,1H3;2-5H,1H3,(H,8,9,10). The molecule has 0 heterocycles. The maximum Gasteiger partial charge on any atom is 0.294 e. The van der Waals surface area contributed by atoms with Gasteiger partial charge in [0.15, 0.2) is 0 Å². The zero-order valence-corrected chi connectivity index (χ0v) is 14.2. The van der Waals surface area contributed by atoms with Crippen LogP contribution in [0.15, 0.2) is 65.6 Å². The Labute approximate surface area is 141 Å². The van der Waals surface area contributed by atoms with Gasteiger partial charge >= 0.3 is 0 Å². The predicted octanol–water partition coefficient (Wildman–Crippen LogP) is 3.67. The van der Waals surface area contributed by atoms with Crippen molar-refractivity contribution in [2.45, 2.75) is 11.8 Å². The molecule has 0 aliphatic rings. The van der Waals surface area contributed by atoms with Crippen LogP contribution in [0, 0.1) is 6.92 Å². The van der Waals surface area contributed by atoms with Crippen molar-refractivity contribution in [2.75, 3.05) is 12.8 Å². The number of ether oxygens (including phenoxy) is 1. The van der Waals surface area contributed by atoms with Gasteiger partial charge in [-0.2, -0.15) is 8.42 Å². The Bertz CT molecular complexity index is 935. The summed E-state index contributed by atoms with van der Waals surface area (Å²) in [6.07, 6.45) is 0. The van der Waals surface area contributed by atoms with E-state index in [1.165, 1.54) is 12.1 Å². The first kappa shape index (κ1) is 17.8. The van der Waals surface area contributed by atoms with Crippen molar-refractivity contribution < 1.29 is 17.7 Å².